The summed E-state index contributed by atoms with van der Waals surface area (Å²) in [7, 11) is 0. The molecule has 0 aliphatic heterocycles. The van der Waals surface area contributed by atoms with Crippen molar-refractivity contribution in [2.24, 2.45) is 10.8 Å². The van der Waals surface area contributed by atoms with E-state index in [-0.39, 0.29) is 5.96 Å². The summed E-state index contributed by atoms with van der Waals surface area (Å²) < 4.78 is 0. The number of thiazole rings is 1. The van der Waals surface area contributed by atoms with Crippen molar-refractivity contribution in [3.8, 4) is 0 Å². The lowest BCUT2D eigenvalue weighted by molar-refractivity contribution is -0.485. The lowest BCUT2D eigenvalue weighted by Crippen LogP contribution is -2.34. The first-order valence-electron chi connectivity index (χ1n) is 4.35. The SMILES string of the molecule is N/C(=N\[N+](=O)[O-])NCCSCc1cscn1. The third kappa shape index (κ3) is 5.51. The fraction of sp³-hybridized carbons (Fsp3) is 0.429. The van der Waals surface area contributed by atoms with Crippen LogP contribution in [0.1, 0.15) is 5.69 Å². The molecule has 0 bridgehead atoms. The van der Waals surface area contributed by atoms with Crippen LogP contribution in [0.25, 0.3) is 0 Å². The summed E-state index contributed by atoms with van der Waals surface area (Å²) in [5.74, 6) is 1.45. The second-order valence-electron chi connectivity index (χ2n) is 2.68. The molecule has 1 aromatic rings. The third-order valence-electron chi connectivity index (χ3n) is 1.48. The molecule has 0 aliphatic rings. The Hall–Kier alpha value is -1.35. The zero-order chi connectivity index (χ0) is 11.8. The van der Waals surface area contributed by atoms with Crippen LogP contribution in [-0.2, 0) is 5.75 Å². The molecule has 0 amide bonds. The van der Waals surface area contributed by atoms with E-state index in [9.17, 15) is 10.1 Å². The van der Waals surface area contributed by atoms with Gasteiger partial charge in [-0.3, -0.25) is 0 Å². The number of rotatable bonds is 6. The van der Waals surface area contributed by atoms with E-state index >= 15 is 0 Å². The van der Waals surface area contributed by atoms with Crippen molar-refractivity contribution >= 4 is 29.1 Å². The first kappa shape index (κ1) is 12.7. The van der Waals surface area contributed by atoms with Gasteiger partial charge in [0.2, 0.25) is 0 Å². The minimum atomic E-state index is -0.829. The molecule has 3 N–H and O–H groups in total. The number of nitrogens with two attached hydrogens (primary N) is 1. The topological polar surface area (TPSA) is 106 Å². The number of thioether (sulfide) groups is 1. The average Bonchev–Trinajstić information content (AvgIpc) is 2.68. The van der Waals surface area contributed by atoms with E-state index in [1.54, 1.807) is 28.6 Å². The van der Waals surface area contributed by atoms with Crippen LogP contribution in [0.5, 0.6) is 0 Å². The van der Waals surface area contributed by atoms with Crippen LogP contribution in [0.3, 0.4) is 0 Å². The van der Waals surface area contributed by atoms with Crippen LogP contribution < -0.4 is 11.1 Å². The van der Waals surface area contributed by atoms with E-state index < -0.39 is 5.03 Å². The number of nitrogens with one attached hydrogen (secondary N) is 1. The molecule has 7 nitrogen and oxygen atoms in total. The number of nitrogens with zero attached hydrogens (tertiary/aromatic N) is 3. The van der Waals surface area contributed by atoms with E-state index in [1.807, 2.05) is 5.38 Å². The number of nitro groups is 1. The van der Waals surface area contributed by atoms with Crippen LogP contribution in [0.2, 0.25) is 0 Å². The van der Waals surface area contributed by atoms with Gasteiger partial charge in [-0.1, -0.05) is 0 Å². The fourth-order valence-corrected chi connectivity index (χ4v) is 2.28. The summed E-state index contributed by atoms with van der Waals surface area (Å²) in [6.07, 6.45) is 0. The Bertz CT molecular complexity index is 354. The second-order valence-corrected chi connectivity index (χ2v) is 4.51. The highest BCUT2D eigenvalue weighted by Gasteiger charge is 1.98. The fourth-order valence-electron chi connectivity index (χ4n) is 0.860. The summed E-state index contributed by atoms with van der Waals surface area (Å²) >= 11 is 3.23. The largest absolute Gasteiger partial charge is 0.365 e. The molecular formula is C7H11N5O2S2. The molecule has 1 heterocycles. The predicted molar refractivity (Wildman–Crippen MR) is 64.9 cm³/mol. The number of hydrogen-bond donors (Lipinski definition) is 2. The highest BCUT2D eigenvalue weighted by atomic mass is 32.2. The van der Waals surface area contributed by atoms with Gasteiger partial charge in [0.15, 0.2) is 5.03 Å². The Balaban J connectivity index is 2.06. The maximum Gasteiger partial charge on any atom is 0.266 e. The second kappa shape index (κ2) is 7.01. The molecule has 0 aliphatic carbocycles. The van der Waals surface area contributed by atoms with Crippen LogP contribution in [0.15, 0.2) is 16.0 Å². The van der Waals surface area contributed by atoms with Gasteiger partial charge in [0.25, 0.3) is 5.96 Å². The molecule has 0 atom stereocenters. The van der Waals surface area contributed by atoms with Crippen molar-refractivity contribution in [2.45, 2.75) is 5.75 Å². The van der Waals surface area contributed by atoms with E-state index in [0.29, 0.717) is 6.54 Å². The lowest BCUT2D eigenvalue weighted by Gasteiger charge is -2.01. The molecule has 0 fully saturated rings. The minimum absolute atomic E-state index is 0.167. The summed E-state index contributed by atoms with van der Waals surface area (Å²) in [5, 5.41) is 16.7. The first-order chi connectivity index (χ1) is 7.68. The quantitative estimate of drug-likeness (QED) is 0.253. The summed E-state index contributed by atoms with van der Waals surface area (Å²) in [6, 6.07) is 0. The molecule has 88 valence electrons. The minimum Gasteiger partial charge on any atom is -0.365 e. The Labute approximate surface area is 100 Å². The summed E-state index contributed by atoms with van der Waals surface area (Å²) in [6.45, 7) is 0.540. The van der Waals surface area contributed by atoms with Crippen molar-refractivity contribution in [1.29, 1.82) is 0 Å². The predicted octanol–water partition coefficient (Wildman–Crippen LogP) is 0.472. The Morgan fingerprint density at radius 2 is 2.62 bits per heavy atom. The zero-order valence-electron chi connectivity index (χ0n) is 8.33. The van der Waals surface area contributed by atoms with Gasteiger partial charge in [-0.05, 0) is 0 Å². The van der Waals surface area contributed by atoms with E-state index in [2.05, 4.69) is 15.4 Å². The van der Waals surface area contributed by atoms with Crippen molar-refractivity contribution < 1.29 is 5.03 Å². The van der Waals surface area contributed by atoms with Crippen LogP contribution in [0.4, 0.5) is 0 Å². The molecule has 0 radical (unpaired) electrons. The number of guanidine groups is 1. The first-order valence-corrected chi connectivity index (χ1v) is 6.45. The number of hydrazone groups is 1. The van der Waals surface area contributed by atoms with E-state index in [1.165, 1.54) is 0 Å². The van der Waals surface area contributed by atoms with Gasteiger partial charge >= 0.3 is 0 Å². The van der Waals surface area contributed by atoms with E-state index in [4.69, 9.17) is 5.73 Å². The van der Waals surface area contributed by atoms with Crippen molar-refractivity contribution in [1.82, 2.24) is 10.3 Å². The standard InChI is InChI=1S/C7H11N5O2S2/c8-7(11-12(13)14)9-1-2-15-3-6-4-16-5-10-6/h4-5H,1-3H2,(H3,8,9,11). The summed E-state index contributed by atoms with van der Waals surface area (Å²) in [4.78, 5) is 14.1. The van der Waals surface area contributed by atoms with Crippen LogP contribution in [0, 0.1) is 10.1 Å². The smallest absolute Gasteiger partial charge is 0.266 e. The maximum atomic E-state index is 9.94. The van der Waals surface area contributed by atoms with E-state index in [0.717, 1.165) is 17.2 Å². The van der Waals surface area contributed by atoms with Crippen LogP contribution >= 0.6 is 23.1 Å². The van der Waals surface area contributed by atoms with Crippen LogP contribution in [-0.4, -0.2) is 28.3 Å². The molecule has 1 rings (SSSR count). The summed E-state index contributed by atoms with van der Waals surface area (Å²) in [5.41, 5.74) is 8.06. The molecular weight excluding hydrogens is 250 g/mol. The monoisotopic (exact) mass is 261 g/mol. The maximum absolute atomic E-state index is 9.94. The van der Waals surface area contributed by atoms with Gasteiger partial charge < -0.3 is 11.1 Å². The molecule has 0 unspecified atom stereocenters. The lowest BCUT2D eigenvalue weighted by atomic mass is 10.6. The molecule has 0 saturated heterocycles. The Morgan fingerprint density at radius 3 is 3.25 bits per heavy atom. The molecule has 0 spiro atoms. The van der Waals surface area contributed by atoms with Gasteiger partial charge in [0.1, 0.15) is 5.10 Å². The van der Waals surface area contributed by atoms with Gasteiger partial charge in [-0.2, -0.15) is 11.8 Å². The molecule has 16 heavy (non-hydrogen) atoms. The number of aromatic nitrogens is 1. The Kier molecular flexibility index (Phi) is 5.57. The molecule has 0 saturated carbocycles. The zero-order valence-corrected chi connectivity index (χ0v) is 9.96. The van der Waals surface area contributed by atoms with Crippen molar-refractivity contribution in [2.75, 3.05) is 12.3 Å². The Morgan fingerprint density at radius 1 is 1.81 bits per heavy atom. The molecule has 1 aromatic heterocycles. The highest BCUT2D eigenvalue weighted by Crippen LogP contribution is 2.10. The van der Waals surface area contributed by atoms with Gasteiger partial charge in [0, 0.05) is 23.4 Å². The van der Waals surface area contributed by atoms with Gasteiger partial charge in [-0.15, -0.1) is 11.3 Å². The highest BCUT2D eigenvalue weighted by molar-refractivity contribution is 7.98. The van der Waals surface area contributed by atoms with Gasteiger partial charge in [0.05, 0.1) is 11.2 Å². The molecule has 0 aromatic carbocycles. The molecule has 9 heteroatoms. The third-order valence-corrected chi connectivity index (χ3v) is 3.10. The van der Waals surface area contributed by atoms with Crippen molar-refractivity contribution in [3.63, 3.8) is 0 Å². The number of hydrogen-bond acceptors (Lipinski definition) is 5. The average molecular weight is 261 g/mol. The van der Waals surface area contributed by atoms with Crippen molar-refractivity contribution in [3.05, 3.63) is 26.7 Å². The normalized spacial score (nSPS) is 11.4. The van der Waals surface area contributed by atoms with Gasteiger partial charge in [-0.25, -0.2) is 15.1 Å².